The van der Waals surface area contributed by atoms with Crippen LogP contribution in [-0.4, -0.2) is 25.5 Å². The molecule has 2 unspecified atom stereocenters. The summed E-state index contributed by atoms with van der Waals surface area (Å²) >= 11 is 0. The van der Waals surface area contributed by atoms with E-state index in [1.807, 2.05) is 0 Å². The predicted molar refractivity (Wildman–Crippen MR) is 42.1 cm³/mol. The molecule has 2 rings (SSSR count). The molecule has 2 aliphatic heterocycles. The molecule has 0 aromatic heterocycles. The van der Waals surface area contributed by atoms with Gasteiger partial charge in [-0.2, -0.15) is 0 Å². The Morgan fingerprint density at radius 3 is 3.18 bits per heavy atom. The van der Waals surface area contributed by atoms with Crippen LogP contribution in [0.1, 0.15) is 12.8 Å². The highest BCUT2D eigenvalue weighted by Gasteiger charge is 2.34. The van der Waals surface area contributed by atoms with Crippen molar-refractivity contribution in [3.05, 3.63) is 0 Å². The molecule has 2 aliphatic rings. The third-order valence-electron chi connectivity index (χ3n) is 2.72. The Morgan fingerprint density at radius 1 is 1.36 bits per heavy atom. The van der Waals surface area contributed by atoms with Gasteiger partial charge in [-0.15, -0.1) is 0 Å². The summed E-state index contributed by atoms with van der Waals surface area (Å²) in [4.78, 5) is 11.2. The SMILES string of the molecule is O=C1NCC2CNCCCC12. The maximum Gasteiger partial charge on any atom is 0.223 e. The summed E-state index contributed by atoms with van der Waals surface area (Å²) in [5.41, 5.74) is 0. The van der Waals surface area contributed by atoms with Gasteiger partial charge in [0.15, 0.2) is 0 Å². The van der Waals surface area contributed by atoms with Gasteiger partial charge in [-0.25, -0.2) is 0 Å². The van der Waals surface area contributed by atoms with Crippen LogP contribution in [0.2, 0.25) is 0 Å². The zero-order valence-corrected chi connectivity index (χ0v) is 6.60. The average Bonchev–Trinajstić information content (AvgIpc) is 2.25. The van der Waals surface area contributed by atoms with Gasteiger partial charge in [-0.1, -0.05) is 0 Å². The maximum absolute atomic E-state index is 11.2. The van der Waals surface area contributed by atoms with E-state index in [1.165, 1.54) is 0 Å². The van der Waals surface area contributed by atoms with Crippen molar-refractivity contribution >= 4 is 5.91 Å². The minimum atomic E-state index is 0.277. The van der Waals surface area contributed by atoms with E-state index in [0.29, 0.717) is 11.8 Å². The fourth-order valence-electron chi connectivity index (χ4n) is 2.03. The van der Waals surface area contributed by atoms with E-state index in [1.54, 1.807) is 0 Å². The van der Waals surface area contributed by atoms with Crippen LogP contribution in [0.5, 0.6) is 0 Å². The molecule has 0 aromatic carbocycles. The van der Waals surface area contributed by atoms with Gasteiger partial charge in [-0.3, -0.25) is 4.79 Å². The van der Waals surface area contributed by atoms with Crippen LogP contribution >= 0.6 is 0 Å². The Morgan fingerprint density at radius 2 is 2.27 bits per heavy atom. The van der Waals surface area contributed by atoms with E-state index in [9.17, 15) is 4.79 Å². The number of rotatable bonds is 0. The lowest BCUT2D eigenvalue weighted by molar-refractivity contribution is -0.123. The first kappa shape index (κ1) is 7.10. The van der Waals surface area contributed by atoms with Crippen molar-refractivity contribution in [3.63, 3.8) is 0 Å². The van der Waals surface area contributed by atoms with Crippen LogP contribution in [0.25, 0.3) is 0 Å². The highest BCUT2D eigenvalue weighted by atomic mass is 16.2. The fraction of sp³-hybridized carbons (Fsp3) is 0.875. The topological polar surface area (TPSA) is 41.1 Å². The molecule has 2 fully saturated rings. The summed E-state index contributed by atoms with van der Waals surface area (Å²) in [7, 11) is 0. The molecule has 0 aromatic rings. The predicted octanol–water partition coefficient (Wildman–Crippen LogP) is -0.268. The second-order valence-corrected chi connectivity index (χ2v) is 3.46. The first-order chi connectivity index (χ1) is 5.38. The first-order valence-corrected chi connectivity index (χ1v) is 4.36. The largest absolute Gasteiger partial charge is 0.356 e. The highest BCUT2D eigenvalue weighted by Crippen LogP contribution is 2.23. The Hall–Kier alpha value is -0.570. The van der Waals surface area contributed by atoms with Crippen molar-refractivity contribution in [2.75, 3.05) is 19.6 Å². The molecule has 0 radical (unpaired) electrons. The summed E-state index contributed by atoms with van der Waals surface area (Å²) in [5, 5.41) is 6.26. The number of hydrogen-bond acceptors (Lipinski definition) is 2. The van der Waals surface area contributed by atoms with E-state index in [4.69, 9.17) is 0 Å². The third-order valence-corrected chi connectivity index (χ3v) is 2.72. The average molecular weight is 154 g/mol. The van der Waals surface area contributed by atoms with Gasteiger partial charge >= 0.3 is 0 Å². The van der Waals surface area contributed by atoms with Crippen molar-refractivity contribution in [1.29, 1.82) is 0 Å². The zero-order chi connectivity index (χ0) is 7.68. The van der Waals surface area contributed by atoms with Crippen LogP contribution in [-0.2, 0) is 4.79 Å². The van der Waals surface area contributed by atoms with Gasteiger partial charge in [0.2, 0.25) is 5.91 Å². The van der Waals surface area contributed by atoms with Crippen LogP contribution in [0.4, 0.5) is 0 Å². The number of amides is 1. The second kappa shape index (κ2) is 2.81. The molecule has 3 nitrogen and oxygen atoms in total. The molecule has 0 saturated carbocycles. The van der Waals surface area contributed by atoms with Crippen LogP contribution < -0.4 is 10.6 Å². The lowest BCUT2D eigenvalue weighted by Crippen LogP contribution is -2.24. The first-order valence-electron chi connectivity index (χ1n) is 4.36. The number of hydrogen-bond donors (Lipinski definition) is 2. The van der Waals surface area contributed by atoms with Gasteiger partial charge < -0.3 is 10.6 Å². The van der Waals surface area contributed by atoms with Crippen molar-refractivity contribution in [1.82, 2.24) is 10.6 Å². The molecule has 2 N–H and O–H groups in total. The van der Waals surface area contributed by atoms with Crippen molar-refractivity contribution in [3.8, 4) is 0 Å². The summed E-state index contributed by atoms with van der Waals surface area (Å²) in [6.45, 7) is 2.99. The van der Waals surface area contributed by atoms with Gasteiger partial charge in [0.1, 0.15) is 0 Å². The number of fused-ring (bicyclic) bond motifs is 1. The van der Waals surface area contributed by atoms with E-state index in [-0.39, 0.29) is 5.91 Å². The van der Waals surface area contributed by atoms with Gasteiger partial charge in [-0.05, 0) is 19.4 Å². The van der Waals surface area contributed by atoms with Gasteiger partial charge in [0.05, 0.1) is 0 Å². The maximum atomic E-state index is 11.2. The van der Waals surface area contributed by atoms with E-state index >= 15 is 0 Å². The van der Waals surface area contributed by atoms with Crippen LogP contribution in [0.15, 0.2) is 0 Å². The Labute approximate surface area is 66.5 Å². The van der Waals surface area contributed by atoms with Crippen molar-refractivity contribution in [2.24, 2.45) is 11.8 Å². The minimum absolute atomic E-state index is 0.277. The van der Waals surface area contributed by atoms with Crippen LogP contribution in [0.3, 0.4) is 0 Å². The fourth-order valence-corrected chi connectivity index (χ4v) is 2.03. The zero-order valence-electron chi connectivity index (χ0n) is 6.60. The number of nitrogens with one attached hydrogen (secondary N) is 2. The molecule has 0 aliphatic carbocycles. The molecular formula is C8H14N2O. The van der Waals surface area contributed by atoms with E-state index in [2.05, 4.69) is 10.6 Å². The molecular weight excluding hydrogens is 140 g/mol. The smallest absolute Gasteiger partial charge is 0.223 e. The van der Waals surface area contributed by atoms with Crippen molar-refractivity contribution < 1.29 is 4.79 Å². The molecule has 62 valence electrons. The van der Waals surface area contributed by atoms with E-state index in [0.717, 1.165) is 32.5 Å². The standard InChI is InChI=1S/C8H14N2O/c11-8-7-2-1-3-9-4-6(7)5-10-8/h6-7,9H,1-5H2,(H,10,11). The highest BCUT2D eigenvalue weighted by molar-refractivity contribution is 5.81. The second-order valence-electron chi connectivity index (χ2n) is 3.46. The Kier molecular flexibility index (Phi) is 1.82. The van der Waals surface area contributed by atoms with E-state index < -0.39 is 0 Å². The summed E-state index contributed by atoms with van der Waals surface area (Å²) in [6.07, 6.45) is 2.22. The molecule has 2 heterocycles. The Bertz CT molecular complexity index is 169. The quantitative estimate of drug-likeness (QED) is 0.504. The van der Waals surface area contributed by atoms with Crippen LogP contribution in [0, 0.1) is 11.8 Å². The molecule has 0 bridgehead atoms. The molecule has 1 amide bonds. The number of carbonyl (C=O) groups is 1. The summed E-state index contributed by atoms with van der Waals surface area (Å²) in [5.74, 6) is 1.15. The molecule has 3 heteroatoms. The molecule has 2 atom stereocenters. The van der Waals surface area contributed by atoms with Gasteiger partial charge in [0, 0.05) is 24.9 Å². The minimum Gasteiger partial charge on any atom is -0.356 e. The third kappa shape index (κ3) is 1.25. The lowest BCUT2D eigenvalue weighted by atomic mass is 9.93. The number of carbonyl (C=O) groups excluding carboxylic acids is 1. The molecule has 11 heavy (non-hydrogen) atoms. The van der Waals surface area contributed by atoms with Crippen molar-refractivity contribution in [2.45, 2.75) is 12.8 Å². The lowest BCUT2D eigenvalue weighted by Gasteiger charge is -2.10. The normalized spacial score (nSPS) is 37.6. The van der Waals surface area contributed by atoms with Gasteiger partial charge in [0.25, 0.3) is 0 Å². The molecule has 0 spiro atoms. The summed E-state index contributed by atoms with van der Waals surface area (Å²) < 4.78 is 0. The monoisotopic (exact) mass is 154 g/mol. The summed E-state index contributed by atoms with van der Waals surface area (Å²) in [6, 6.07) is 0. The Balaban J connectivity index is 2.06. The molecule has 2 saturated heterocycles.